The number of allylic oxidation sites excluding steroid dienone is 2. The van der Waals surface area contributed by atoms with Crippen LogP contribution in [0.15, 0.2) is 24.3 Å². The minimum atomic E-state index is -4.25. The van der Waals surface area contributed by atoms with E-state index in [1.807, 2.05) is 7.05 Å². The molecule has 0 spiro atoms. The molecule has 96 valence electrons. The molecule has 0 aromatic heterocycles. The first kappa shape index (κ1) is 12.6. The Hall–Kier alpha value is -0.810. The quantitative estimate of drug-likeness (QED) is 0.653. The molecule has 2 nitrogen and oxygen atoms in total. The molecule has 1 fully saturated rings. The molecule has 0 amide bonds. The van der Waals surface area contributed by atoms with Gasteiger partial charge < -0.3 is 4.90 Å². The van der Waals surface area contributed by atoms with Crippen molar-refractivity contribution in [3.8, 4) is 0 Å². The summed E-state index contributed by atoms with van der Waals surface area (Å²) < 4.78 is 40.0. The Balaban J connectivity index is 2.25. The minimum absolute atomic E-state index is 0.449. The van der Waals surface area contributed by atoms with Crippen molar-refractivity contribution in [1.29, 1.82) is 0 Å². The lowest BCUT2D eigenvalue weighted by Gasteiger charge is -2.45. The van der Waals surface area contributed by atoms with Gasteiger partial charge in [0, 0.05) is 26.2 Å². The van der Waals surface area contributed by atoms with E-state index in [-0.39, 0.29) is 0 Å². The Morgan fingerprint density at radius 1 is 1.00 bits per heavy atom. The molecule has 1 aliphatic carbocycles. The lowest BCUT2D eigenvalue weighted by Crippen LogP contribution is -2.61. The average Bonchev–Trinajstić information content (AvgIpc) is 2.29. The van der Waals surface area contributed by atoms with Crippen molar-refractivity contribution >= 4 is 0 Å². The highest BCUT2D eigenvalue weighted by atomic mass is 19.4. The number of hydrogen-bond donors (Lipinski definition) is 0. The fourth-order valence-electron chi connectivity index (χ4n) is 2.39. The number of nitrogens with zero attached hydrogens (tertiary/aromatic N) is 2. The van der Waals surface area contributed by atoms with Crippen LogP contribution in [0.5, 0.6) is 0 Å². The van der Waals surface area contributed by atoms with Crippen LogP contribution in [-0.4, -0.2) is 54.7 Å². The maximum atomic E-state index is 13.3. The fraction of sp³-hybridized carbons (Fsp3) is 0.667. The smallest absolute Gasteiger partial charge is 0.304 e. The second-order valence-corrected chi connectivity index (χ2v) is 4.65. The maximum absolute atomic E-state index is 13.3. The number of hydrogen-bond acceptors (Lipinski definition) is 2. The predicted octanol–water partition coefficient (Wildman–Crippen LogP) is 2.05. The Kier molecular flexibility index (Phi) is 3.32. The molecular weight excluding hydrogens is 229 g/mol. The molecule has 2 rings (SSSR count). The average molecular weight is 246 g/mol. The maximum Gasteiger partial charge on any atom is 0.414 e. The summed E-state index contributed by atoms with van der Waals surface area (Å²) in [6.45, 7) is 2.26. The molecule has 1 heterocycles. The van der Waals surface area contributed by atoms with Crippen molar-refractivity contribution in [2.45, 2.75) is 18.1 Å². The molecule has 2 aliphatic rings. The van der Waals surface area contributed by atoms with Crippen LogP contribution in [0.25, 0.3) is 0 Å². The number of halogens is 3. The van der Waals surface area contributed by atoms with Crippen LogP contribution in [0.4, 0.5) is 13.2 Å². The van der Waals surface area contributed by atoms with Gasteiger partial charge in [0.25, 0.3) is 0 Å². The van der Waals surface area contributed by atoms with E-state index in [0.29, 0.717) is 32.6 Å². The summed E-state index contributed by atoms with van der Waals surface area (Å²) in [7, 11) is 1.93. The molecule has 0 aromatic rings. The predicted molar refractivity (Wildman–Crippen MR) is 60.8 cm³/mol. The molecule has 0 aromatic carbocycles. The van der Waals surface area contributed by atoms with Gasteiger partial charge in [0.2, 0.25) is 0 Å². The van der Waals surface area contributed by atoms with Crippen LogP contribution in [0.1, 0.15) is 6.42 Å². The van der Waals surface area contributed by atoms with E-state index in [4.69, 9.17) is 0 Å². The van der Waals surface area contributed by atoms with Crippen molar-refractivity contribution in [3.05, 3.63) is 24.3 Å². The van der Waals surface area contributed by atoms with Crippen LogP contribution in [-0.2, 0) is 0 Å². The number of piperazine rings is 1. The van der Waals surface area contributed by atoms with Gasteiger partial charge in [0.05, 0.1) is 0 Å². The van der Waals surface area contributed by atoms with Gasteiger partial charge in [0.15, 0.2) is 5.54 Å². The van der Waals surface area contributed by atoms with Gasteiger partial charge in [-0.05, 0) is 13.5 Å². The normalized spacial score (nSPS) is 26.4. The molecule has 0 unspecified atom stereocenters. The summed E-state index contributed by atoms with van der Waals surface area (Å²) in [6.07, 6.45) is 2.15. The summed E-state index contributed by atoms with van der Waals surface area (Å²) in [4.78, 5) is 3.58. The van der Waals surface area contributed by atoms with Gasteiger partial charge in [-0.2, -0.15) is 13.2 Å². The Bertz CT molecular complexity index is 313. The van der Waals surface area contributed by atoms with Gasteiger partial charge in [-0.1, -0.05) is 24.3 Å². The summed E-state index contributed by atoms with van der Waals surface area (Å²) >= 11 is 0. The highest BCUT2D eigenvalue weighted by Gasteiger charge is 2.55. The molecule has 0 bridgehead atoms. The third kappa shape index (κ3) is 2.26. The van der Waals surface area contributed by atoms with Gasteiger partial charge in [0.1, 0.15) is 0 Å². The third-order valence-electron chi connectivity index (χ3n) is 3.50. The number of alkyl halides is 3. The highest BCUT2D eigenvalue weighted by molar-refractivity contribution is 5.28. The summed E-state index contributed by atoms with van der Waals surface area (Å²) in [5.41, 5.74) is -1.88. The highest BCUT2D eigenvalue weighted by Crippen LogP contribution is 2.40. The van der Waals surface area contributed by atoms with Gasteiger partial charge in [-0.25, -0.2) is 0 Å². The Morgan fingerprint density at radius 3 is 2.00 bits per heavy atom. The van der Waals surface area contributed by atoms with Crippen LogP contribution in [0.2, 0.25) is 0 Å². The molecule has 0 N–H and O–H groups in total. The fourth-order valence-corrected chi connectivity index (χ4v) is 2.39. The zero-order chi connectivity index (χ0) is 12.5. The Morgan fingerprint density at radius 2 is 1.53 bits per heavy atom. The van der Waals surface area contributed by atoms with Crippen molar-refractivity contribution in [3.63, 3.8) is 0 Å². The molecule has 0 atom stereocenters. The van der Waals surface area contributed by atoms with Gasteiger partial charge in [-0.15, -0.1) is 0 Å². The third-order valence-corrected chi connectivity index (χ3v) is 3.50. The van der Waals surface area contributed by atoms with Crippen LogP contribution >= 0.6 is 0 Å². The molecule has 17 heavy (non-hydrogen) atoms. The Labute approximate surface area is 99.4 Å². The zero-order valence-electron chi connectivity index (χ0n) is 9.87. The second-order valence-electron chi connectivity index (χ2n) is 4.65. The summed E-state index contributed by atoms with van der Waals surface area (Å²) in [5, 5.41) is 0. The molecule has 1 aliphatic heterocycles. The van der Waals surface area contributed by atoms with E-state index in [1.54, 1.807) is 12.2 Å². The van der Waals surface area contributed by atoms with Crippen LogP contribution in [0, 0.1) is 0 Å². The molecule has 0 saturated carbocycles. The van der Waals surface area contributed by atoms with Crippen molar-refractivity contribution < 1.29 is 13.2 Å². The first-order chi connectivity index (χ1) is 7.96. The topological polar surface area (TPSA) is 6.48 Å². The molecule has 5 heteroatoms. The standard InChI is InChI=1S/C12H17F3N2/c1-16-7-9-17(10-8-16)11(12(13,14)15)5-3-2-4-6-11/h3-6H,2,7-10H2,1H3. The van der Waals surface area contributed by atoms with E-state index in [2.05, 4.69) is 4.90 Å². The lowest BCUT2D eigenvalue weighted by molar-refractivity contribution is -0.202. The number of likely N-dealkylation sites (N-methyl/N-ethyl adjacent to an activating group) is 1. The second kappa shape index (κ2) is 4.46. The molecule has 1 saturated heterocycles. The van der Waals surface area contributed by atoms with Crippen molar-refractivity contribution in [1.82, 2.24) is 9.80 Å². The van der Waals surface area contributed by atoms with Crippen molar-refractivity contribution in [2.75, 3.05) is 33.2 Å². The summed E-state index contributed by atoms with van der Waals surface area (Å²) in [5.74, 6) is 0. The molecule has 0 radical (unpaired) electrons. The molecular formula is C12H17F3N2. The van der Waals surface area contributed by atoms with Crippen LogP contribution in [0.3, 0.4) is 0 Å². The summed E-state index contributed by atoms with van der Waals surface area (Å²) in [6, 6.07) is 0. The SMILES string of the molecule is CN1CCN(C2(C(F)(F)F)C=CCC=C2)CC1. The van der Waals surface area contributed by atoms with Gasteiger partial charge >= 0.3 is 6.18 Å². The zero-order valence-corrected chi connectivity index (χ0v) is 9.87. The van der Waals surface area contributed by atoms with E-state index >= 15 is 0 Å². The first-order valence-electron chi connectivity index (χ1n) is 5.81. The largest absolute Gasteiger partial charge is 0.414 e. The lowest BCUT2D eigenvalue weighted by atomic mass is 9.90. The monoisotopic (exact) mass is 246 g/mol. The minimum Gasteiger partial charge on any atom is -0.304 e. The van der Waals surface area contributed by atoms with E-state index in [0.717, 1.165) is 0 Å². The van der Waals surface area contributed by atoms with E-state index in [1.165, 1.54) is 17.1 Å². The number of rotatable bonds is 1. The first-order valence-corrected chi connectivity index (χ1v) is 5.81. The van der Waals surface area contributed by atoms with Crippen molar-refractivity contribution in [2.24, 2.45) is 0 Å². The van der Waals surface area contributed by atoms with E-state index in [9.17, 15) is 13.2 Å². The van der Waals surface area contributed by atoms with E-state index < -0.39 is 11.7 Å². The van der Waals surface area contributed by atoms with Gasteiger partial charge in [-0.3, -0.25) is 4.90 Å². The van der Waals surface area contributed by atoms with Crippen LogP contribution < -0.4 is 0 Å².